The highest BCUT2D eigenvalue weighted by Gasteiger charge is 2.16. The van der Waals surface area contributed by atoms with E-state index in [0.29, 0.717) is 11.3 Å². The molecule has 1 rings (SSSR count). The molecule has 0 fully saturated rings. The average Bonchev–Trinajstić information content (AvgIpc) is 2.24. The molecule has 1 amide bonds. The Hall–Kier alpha value is -1.91. The summed E-state index contributed by atoms with van der Waals surface area (Å²) in [7, 11) is 0. The van der Waals surface area contributed by atoms with Crippen LogP contribution in [0.2, 0.25) is 0 Å². The standard InChI is InChI=1S/C13H18N2O3/c1-9(16)10-6-5-7-14-11(10)8-15-12(17)18-13(2,3)4/h5-7H,8H2,1-4H3,(H,15,17). The Morgan fingerprint density at radius 2 is 2.06 bits per heavy atom. The molecular formula is C13H18N2O3. The van der Waals surface area contributed by atoms with Gasteiger partial charge in [-0.1, -0.05) is 0 Å². The van der Waals surface area contributed by atoms with E-state index in [-0.39, 0.29) is 12.3 Å². The van der Waals surface area contributed by atoms with E-state index in [1.54, 1.807) is 39.1 Å². The van der Waals surface area contributed by atoms with Gasteiger partial charge in [0.2, 0.25) is 0 Å². The van der Waals surface area contributed by atoms with Crippen molar-refractivity contribution >= 4 is 11.9 Å². The number of Topliss-reactive ketones (excluding diaryl/α,β-unsaturated/α-hetero) is 1. The molecule has 5 nitrogen and oxygen atoms in total. The number of carbonyl (C=O) groups excluding carboxylic acids is 2. The van der Waals surface area contributed by atoms with Gasteiger partial charge in [-0.3, -0.25) is 9.78 Å². The molecule has 1 N–H and O–H groups in total. The molecule has 0 aliphatic rings. The number of ketones is 1. The fourth-order valence-corrected chi connectivity index (χ4v) is 1.37. The lowest BCUT2D eigenvalue weighted by molar-refractivity contribution is 0.0522. The Morgan fingerprint density at radius 3 is 2.61 bits per heavy atom. The zero-order valence-electron chi connectivity index (χ0n) is 11.1. The third-order valence-corrected chi connectivity index (χ3v) is 2.07. The van der Waals surface area contributed by atoms with Crippen molar-refractivity contribution in [2.75, 3.05) is 0 Å². The number of hydrogen-bond acceptors (Lipinski definition) is 4. The maximum absolute atomic E-state index is 11.5. The summed E-state index contributed by atoms with van der Waals surface area (Å²) < 4.78 is 5.10. The summed E-state index contributed by atoms with van der Waals surface area (Å²) in [6, 6.07) is 3.37. The highest BCUT2D eigenvalue weighted by molar-refractivity contribution is 5.95. The Kier molecular flexibility index (Phi) is 4.42. The number of rotatable bonds is 3. The van der Waals surface area contributed by atoms with E-state index in [1.807, 2.05) is 0 Å². The van der Waals surface area contributed by atoms with Crippen molar-refractivity contribution in [1.82, 2.24) is 10.3 Å². The first-order chi connectivity index (χ1) is 8.29. The van der Waals surface area contributed by atoms with E-state index in [9.17, 15) is 9.59 Å². The second kappa shape index (κ2) is 5.62. The van der Waals surface area contributed by atoms with Gasteiger partial charge < -0.3 is 10.1 Å². The van der Waals surface area contributed by atoms with Crippen LogP contribution in [0, 0.1) is 0 Å². The Labute approximate surface area is 107 Å². The van der Waals surface area contributed by atoms with Crippen LogP contribution < -0.4 is 5.32 Å². The number of amides is 1. The first-order valence-corrected chi connectivity index (χ1v) is 5.71. The third-order valence-electron chi connectivity index (χ3n) is 2.07. The number of pyridine rings is 1. The first-order valence-electron chi connectivity index (χ1n) is 5.71. The number of alkyl carbamates (subject to hydrolysis) is 1. The minimum Gasteiger partial charge on any atom is -0.444 e. The molecule has 1 heterocycles. The summed E-state index contributed by atoms with van der Waals surface area (Å²) in [5.41, 5.74) is 0.502. The molecule has 0 spiro atoms. The van der Waals surface area contributed by atoms with Crippen LogP contribution in [0.15, 0.2) is 18.3 Å². The molecule has 0 radical (unpaired) electrons. The summed E-state index contributed by atoms with van der Waals surface area (Å²) in [5, 5.41) is 2.57. The molecule has 18 heavy (non-hydrogen) atoms. The van der Waals surface area contributed by atoms with E-state index in [1.165, 1.54) is 6.92 Å². The summed E-state index contributed by atoms with van der Waals surface area (Å²) in [6.45, 7) is 7.00. The van der Waals surface area contributed by atoms with E-state index in [4.69, 9.17) is 4.74 Å². The highest BCUT2D eigenvalue weighted by Crippen LogP contribution is 2.08. The number of hydrogen-bond donors (Lipinski definition) is 1. The normalized spacial score (nSPS) is 10.9. The Balaban J connectivity index is 2.64. The fraction of sp³-hybridized carbons (Fsp3) is 0.462. The maximum atomic E-state index is 11.5. The number of ether oxygens (including phenoxy) is 1. The van der Waals surface area contributed by atoms with Gasteiger partial charge >= 0.3 is 6.09 Å². The molecule has 0 saturated carbocycles. The summed E-state index contributed by atoms with van der Waals surface area (Å²) >= 11 is 0. The molecule has 0 atom stereocenters. The molecule has 0 aliphatic carbocycles. The van der Waals surface area contributed by atoms with Gasteiger partial charge in [0.15, 0.2) is 5.78 Å². The third kappa shape index (κ3) is 4.53. The van der Waals surface area contributed by atoms with Crippen LogP contribution in [-0.2, 0) is 11.3 Å². The molecule has 0 bridgehead atoms. The van der Waals surface area contributed by atoms with Crippen molar-refractivity contribution < 1.29 is 14.3 Å². The fourth-order valence-electron chi connectivity index (χ4n) is 1.37. The second-order valence-electron chi connectivity index (χ2n) is 4.91. The number of nitrogens with one attached hydrogen (secondary N) is 1. The number of carbonyl (C=O) groups is 2. The maximum Gasteiger partial charge on any atom is 0.407 e. The van der Waals surface area contributed by atoms with Gasteiger partial charge in [0.25, 0.3) is 0 Å². The summed E-state index contributed by atoms with van der Waals surface area (Å²) in [6.07, 6.45) is 1.06. The van der Waals surface area contributed by atoms with Crippen LogP contribution in [0.25, 0.3) is 0 Å². The van der Waals surface area contributed by atoms with Crippen molar-refractivity contribution in [2.24, 2.45) is 0 Å². The lowest BCUT2D eigenvalue weighted by atomic mass is 10.1. The van der Waals surface area contributed by atoms with Crippen LogP contribution in [0.1, 0.15) is 43.7 Å². The predicted octanol–water partition coefficient (Wildman–Crippen LogP) is 2.31. The molecule has 0 unspecified atom stereocenters. The van der Waals surface area contributed by atoms with Gasteiger partial charge in [0.05, 0.1) is 12.2 Å². The van der Waals surface area contributed by atoms with Crippen molar-refractivity contribution in [3.63, 3.8) is 0 Å². The van der Waals surface area contributed by atoms with E-state index in [2.05, 4.69) is 10.3 Å². The van der Waals surface area contributed by atoms with Crippen molar-refractivity contribution in [2.45, 2.75) is 39.8 Å². The summed E-state index contributed by atoms with van der Waals surface area (Å²) in [5.74, 6) is -0.0795. The van der Waals surface area contributed by atoms with Gasteiger partial charge in [0.1, 0.15) is 5.60 Å². The molecule has 0 aliphatic heterocycles. The van der Waals surface area contributed by atoms with Crippen LogP contribution in [0.5, 0.6) is 0 Å². The van der Waals surface area contributed by atoms with Gasteiger partial charge in [-0.2, -0.15) is 0 Å². The Bertz CT molecular complexity index is 450. The number of aromatic nitrogens is 1. The topological polar surface area (TPSA) is 68.3 Å². The zero-order valence-corrected chi connectivity index (χ0v) is 11.1. The minimum absolute atomic E-state index is 0.0795. The quantitative estimate of drug-likeness (QED) is 0.836. The van der Waals surface area contributed by atoms with Crippen LogP contribution in [-0.4, -0.2) is 22.5 Å². The van der Waals surface area contributed by atoms with Crippen molar-refractivity contribution in [3.8, 4) is 0 Å². The average molecular weight is 250 g/mol. The largest absolute Gasteiger partial charge is 0.444 e. The molecule has 98 valence electrons. The monoisotopic (exact) mass is 250 g/mol. The van der Waals surface area contributed by atoms with Crippen LogP contribution in [0.4, 0.5) is 4.79 Å². The lowest BCUT2D eigenvalue weighted by Gasteiger charge is -2.19. The SMILES string of the molecule is CC(=O)c1cccnc1CNC(=O)OC(C)(C)C. The molecule has 1 aromatic heterocycles. The Morgan fingerprint density at radius 1 is 1.39 bits per heavy atom. The molecule has 0 aromatic carbocycles. The molecule has 1 aromatic rings. The van der Waals surface area contributed by atoms with Gasteiger partial charge in [-0.15, -0.1) is 0 Å². The van der Waals surface area contributed by atoms with E-state index in [0.717, 1.165) is 0 Å². The van der Waals surface area contributed by atoms with Crippen molar-refractivity contribution in [1.29, 1.82) is 0 Å². The second-order valence-corrected chi connectivity index (χ2v) is 4.91. The molecular weight excluding hydrogens is 232 g/mol. The number of nitrogens with zero attached hydrogens (tertiary/aromatic N) is 1. The summed E-state index contributed by atoms with van der Waals surface area (Å²) in [4.78, 5) is 26.9. The van der Waals surface area contributed by atoms with E-state index < -0.39 is 11.7 Å². The zero-order chi connectivity index (χ0) is 13.8. The van der Waals surface area contributed by atoms with E-state index >= 15 is 0 Å². The predicted molar refractivity (Wildman–Crippen MR) is 67.3 cm³/mol. The lowest BCUT2D eigenvalue weighted by Crippen LogP contribution is -2.32. The van der Waals surface area contributed by atoms with Crippen LogP contribution >= 0.6 is 0 Å². The highest BCUT2D eigenvalue weighted by atomic mass is 16.6. The van der Waals surface area contributed by atoms with Crippen LogP contribution in [0.3, 0.4) is 0 Å². The smallest absolute Gasteiger partial charge is 0.407 e. The van der Waals surface area contributed by atoms with Gasteiger partial charge in [0, 0.05) is 11.8 Å². The molecule has 5 heteroatoms. The molecule has 0 saturated heterocycles. The van der Waals surface area contributed by atoms with Crippen molar-refractivity contribution in [3.05, 3.63) is 29.6 Å². The first kappa shape index (κ1) is 14.2. The van der Waals surface area contributed by atoms with Gasteiger partial charge in [-0.25, -0.2) is 4.79 Å². The van der Waals surface area contributed by atoms with Gasteiger partial charge in [-0.05, 0) is 39.8 Å². The minimum atomic E-state index is -0.544.